The zero-order valence-corrected chi connectivity index (χ0v) is 13.6. The summed E-state index contributed by atoms with van der Waals surface area (Å²) < 4.78 is 0.651. The van der Waals surface area contributed by atoms with Crippen LogP contribution in [0.2, 0.25) is 0 Å². The number of carbonyl (C=O) groups excluding carboxylic acids is 1. The predicted molar refractivity (Wildman–Crippen MR) is 87.5 cm³/mol. The SMILES string of the molecule is CCN1C(=O)/C(=C\C=C2/SC=C(C)N2CC)SC1=S. The molecule has 1 amide bonds. The molecular weight excluding hydrogens is 296 g/mol. The van der Waals surface area contributed by atoms with Gasteiger partial charge in [0.25, 0.3) is 5.91 Å². The largest absolute Gasteiger partial charge is 0.340 e. The standard InChI is InChI=1S/C13H16N2OS3/c1-4-14-9(3)8-18-11(14)7-6-10-12(16)15(5-2)13(17)19-10/h6-8H,4-5H2,1-3H3/b10-6+,11-7-. The molecule has 0 unspecified atom stereocenters. The molecule has 0 radical (unpaired) electrons. The summed E-state index contributed by atoms with van der Waals surface area (Å²) in [5, 5.41) is 3.28. The van der Waals surface area contributed by atoms with E-state index in [4.69, 9.17) is 12.2 Å². The molecule has 2 aliphatic rings. The van der Waals surface area contributed by atoms with E-state index in [1.807, 2.05) is 19.1 Å². The number of thiocarbonyl (C=S) groups is 1. The van der Waals surface area contributed by atoms with Gasteiger partial charge in [-0.25, -0.2) is 0 Å². The van der Waals surface area contributed by atoms with Crippen molar-refractivity contribution in [1.82, 2.24) is 9.80 Å². The highest BCUT2D eigenvalue weighted by atomic mass is 32.2. The Balaban J connectivity index is 2.16. The van der Waals surface area contributed by atoms with Gasteiger partial charge in [-0.05, 0) is 38.3 Å². The molecule has 2 heterocycles. The Labute approximate surface area is 127 Å². The number of nitrogens with zero attached hydrogens (tertiary/aromatic N) is 2. The van der Waals surface area contributed by atoms with Gasteiger partial charge in [0.2, 0.25) is 0 Å². The third kappa shape index (κ3) is 2.90. The molecule has 2 aliphatic heterocycles. The third-order valence-electron chi connectivity index (χ3n) is 2.93. The minimum atomic E-state index is 0.0186. The number of hydrogen-bond acceptors (Lipinski definition) is 5. The van der Waals surface area contributed by atoms with Crippen molar-refractivity contribution >= 4 is 46.0 Å². The number of carbonyl (C=O) groups is 1. The lowest BCUT2D eigenvalue weighted by Crippen LogP contribution is -2.27. The molecule has 6 heteroatoms. The van der Waals surface area contributed by atoms with Gasteiger partial charge in [0.05, 0.1) is 9.93 Å². The van der Waals surface area contributed by atoms with Gasteiger partial charge in [-0.3, -0.25) is 9.69 Å². The van der Waals surface area contributed by atoms with E-state index in [-0.39, 0.29) is 5.91 Å². The van der Waals surface area contributed by atoms with Crippen LogP contribution in [0.25, 0.3) is 0 Å². The van der Waals surface area contributed by atoms with E-state index in [1.165, 1.54) is 17.5 Å². The van der Waals surface area contributed by atoms with Crippen LogP contribution in [-0.4, -0.2) is 33.1 Å². The Morgan fingerprint density at radius 2 is 1.95 bits per heavy atom. The Bertz CT molecular complexity index is 508. The van der Waals surface area contributed by atoms with Crippen LogP contribution < -0.4 is 0 Å². The molecule has 1 fully saturated rings. The Hall–Kier alpha value is -0.720. The highest BCUT2D eigenvalue weighted by Gasteiger charge is 2.30. The van der Waals surface area contributed by atoms with Crippen molar-refractivity contribution in [3.05, 3.63) is 33.2 Å². The summed E-state index contributed by atoms with van der Waals surface area (Å²) in [5.74, 6) is 0.0186. The molecule has 0 bridgehead atoms. The van der Waals surface area contributed by atoms with Crippen molar-refractivity contribution in [2.24, 2.45) is 0 Å². The van der Waals surface area contributed by atoms with Gasteiger partial charge in [0.1, 0.15) is 4.32 Å². The second kappa shape index (κ2) is 6.15. The van der Waals surface area contributed by atoms with E-state index in [0.29, 0.717) is 15.8 Å². The van der Waals surface area contributed by atoms with E-state index in [0.717, 1.165) is 11.6 Å². The summed E-state index contributed by atoms with van der Waals surface area (Å²) in [6.07, 6.45) is 3.88. The van der Waals surface area contributed by atoms with Gasteiger partial charge in [0, 0.05) is 18.8 Å². The number of amides is 1. The topological polar surface area (TPSA) is 23.6 Å². The van der Waals surface area contributed by atoms with Crippen LogP contribution in [0, 0.1) is 0 Å². The Morgan fingerprint density at radius 1 is 1.26 bits per heavy atom. The summed E-state index contributed by atoms with van der Waals surface area (Å²) in [7, 11) is 0. The molecule has 0 aliphatic carbocycles. The maximum Gasteiger partial charge on any atom is 0.266 e. The van der Waals surface area contributed by atoms with Crippen LogP contribution in [-0.2, 0) is 4.79 Å². The first kappa shape index (κ1) is 14.7. The maximum absolute atomic E-state index is 12.1. The molecular formula is C13H16N2OS3. The first-order valence-corrected chi connectivity index (χ1v) is 8.25. The second-order valence-electron chi connectivity index (χ2n) is 4.07. The Kier molecular flexibility index (Phi) is 4.76. The molecule has 102 valence electrons. The smallest absolute Gasteiger partial charge is 0.266 e. The molecule has 3 nitrogen and oxygen atoms in total. The fourth-order valence-corrected chi connectivity index (χ4v) is 4.21. The summed E-state index contributed by atoms with van der Waals surface area (Å²) in [6.45, 7) is 7.71. The van der Waals surface area contributed by atoms with Crippen molar-refractivity contribution in [2.45, 2.75) is 20.8 Å². The van der Waals surface area contributed by atoms with E-state index in [1.54, 1.807) is 16.7 Å². The van der Waals surface area contributed by atoms with Gasteiger partial charge < -0.3 is 4.90 Å². The maximum atomic E-state index is 12.1. The normalized spacial score (nSPS) is 24.1. The van der Waals surface area contributed by atoms with Crippen LogP contribution in [0.1, 0.15) is 20.8 Å². The van der Waals surface area contributed by atoms with Crippen molar-refractivity contribution in [1.29, 1.82) is 0 Å². The first-order chi connectivity index (χ1) is 9.08. The van der Waals surface area contributed by atoms with Crippen molar-refractivity contribution in [3.8, 4) is 0 Å². The summed E-state index contributed by atoms with van der Waals surface area (Å²) >= 11 is 8.26. The number of thioether (sulfide) groups is 2. The third-order valence-corrected chi connectivity index (χ3v) is 5.38. The average molecular weight is 312 g/mol. The van der Waals surface area contributed by atoms with Gasteiger partial charge >= 0.3 is 0 Å². The van der Waals surface area contributed by atoms with E-state index < -0.39 is 0 Å². The van der Waals surface area contributed by atoms with E-state index >= 15 is 0 Å². The molecule has 0 atom stereocenters. The summed E-state index contributed by atoms with van der Waals surface area (Å²) in [4.78, 5) is 16.6. The summed E-state index contributed by atoms with van der Waals surface area (Å²) in [5.41, 5.74) is 1.24. The number of rotatable bonds is 3. The number of likely N-dealkylation sites (N-methyl/N-ethyl adjacent to an activating group) is 1. The lowest BCUT2D eigenvalue weighted by atomic mass is 10.4. The van der Waals surface area contributed by atoms with Crippen LogP contribution in [0.5, 0.6) is 0 Å². The lowest BCUT2D eigenvalue weighted by molar-refractivity contribution is -0.122. The summed E-state index contributed by atoms with van der Waals surface area (Å²) in [6, 6.07) is 0. The minimum absolute atomic E-state index is 0.0186. The zero-order valence-electron chi connectivity index (χ0n) is 11.2. The fraction of sp³-hybridized carbons (Fsp3) is 0.385. The zero-order chi connectivity index (χ0) is 14.0. The van der Waals surface area contributed by atoms with Gasteiger partial charge in [-0.15, -0.1) is 0 Å². The monoisotopic (exact) mass is 312 g/mol. The predicted octanol–water partition coefficient (Wildman–Crippen LogP) is 3.52. The highest BCUT2D eigenvalue weighted by molar-refractivity contribution is 8.26. The fourth-order valence-electron chi connectivity index (χ4n) is 1.91. The van der Waals surface area contributed by atoms with Crippen molar-refractivity contribution < 1.29 is 4.79 Å². The van der Waals surface area contributed by atoms with Crippen molar-refractivity contribution in [2.75, 3.05) is 13.1 Å². The van der Waals surface area contributed by atoms with Gasteiger partial charge in [-0.1, -0.05) is 35.7 Å². The quantitative estimate of drug-likeness (QED) is 0.586. The molecule has 1 saturated heterocycles. The number of allylic oxidation sites excluding steroid dienone is 3. The van der Waals surface area contributed by atoms with Crippen LogP contribution >= 0.6 is 35.7 Å². The molecule has 0 N–H and O–H groups in total. The molecule has 2 rings (SSSR count). The number of hydrogen-bond donors (Lipinski definition) is 0. The molecule has 19 heavy (non-hydrogen) atoms. The molecule has 0 saturated carbocycles. The average Bonchev–Trinajstić information content (AvgIpc) is 2.87. The Morgan fingerprint density at radius 3 is 2.53 bits per heavy atom. The highest BCUT2D eigenvalue weighted by Crippen LogP contribution is 2.35. The van der Waals surface area contributed by atoms with E-state index in [2.05, 4.69) is 24.2 Å². The first-order valence-electron chi connectivity index (χ1n) is 6.15. The van der Waals surface area contributed by atoms with Gasteiger partial charge in [-0.2, -0.15) is 0 Å². The second-order valence-corrected chi connectivity index (χ2v) is 6.64. The molecule has 0 aromatic rings. The van der Waals surface area contributed by atoms with Gasteiger partial charge in [0.15, 0.2) is 0 Å². The van der Waals surface area contributed by atoms with Crippen molar-refractivity contribution in [3.63, 3.8) is 0 Å². The molecule has 0 aromatic heterocycles. The lowest BCUT2D eigenvalue weighted by Gasteiger charge is -2.18. The van der Waals surface area contributed by atoms with Crippen LogP contribution in [0.3, 0.4) is 0 Å². The van der Waals surface area contributed by atoms with Crippen LogP contribution in [0.4, 0.5) is 0 Å². The van der Waals surface area contributed by atoms with E-state index in [9.17, 15) is 4.79 Å². The molecule has 0 aromatic carbocycles. The van der Waals surface area contributed by atoms with Crippen LogP contribution in [0.15, 0.2) is 33.2 Å². The molecule has 0 spiro atoms. The minimum Gasteiger partial charge on any atom is -0.340 e.